The van der Waals surface area contributed by atoms with Gasteiger partial charge in [0.2, 0.25) is 6.41 Å². The topological polar surface area (TPSA) is 118 Å². The molecule has 138 valence electrons. The highest BCUT2D eigenvalue weighted by Crippen LogP contribution is 2.26. The van der Waals surface area contributed by atoms with Gasteiger partial charge in [0.15, 0.2) is 5.82 Å². The van der Waals surface area contributed by atoms with E-state index in [1.54, 1.807) is 47.1 Å². The Hall–Kier alpha value is -3.46. The van der Waals surface area contributed by atoms with Gasteiger partial charge in [-0.25, -0.2) is 17.9 Å². The first-order valence-electron chi connectivity index (χ1n) is 7.83. The smallest absolute Gasteiger partial charge is 0.335 e. The van der Waals surface area contributed by atoms with Crippen molar-refractivity contribution in [2.75, 3.05) is 5.32 Å². The number of carbonyl (C=O) groups is 2. The van der Waals surface area contributed by atoms with Crippen LogP contribution in [-0.4, -0.2) is 35.7 Å². The molecule has 2 aromatic carbocycles. The lowest BCUT2D eigenvalue weighted by Crippen LogP contribution is -2.02. The summed E-state index contributed by atoms with van der Waals surface area (Å²) < 4.78 is 23.3. The minimum atomic E-state index is -2.51. The van der Waals surface area contributed by atoms with E-state index in [4.69, 9.17) is 5.11 Å². The zero-order valence-electron chi connectivity index (χ0n) is 13.9. The molecule has 0 bridgehead atoms. The lowest BCUT2D eigenvalue weighted by Gasteiger charge is -2.08. The fraction of sp³-hybridized carbons (Fsp3) is 0.0556. The van der Waals surface area contributed by atoms with Gasteiger partial charge < -0.3 is 10.4 Å². The Morgan fingerprint density at radius 3 is 2.33 bits per heavy atom. The number of carbonyl (C=O) groups excluding carboxylic acids is 1. The first-order valence-corrected chi connectivity index (χ1v) is 9.19. The molecule has 0 aliphatic rings. The molecule has 1 heterocycles. The average molecular weight is 385 g/mol. The van der Waals surface area contributed by atoms with Crippen molar-refractivity contribution in [3.05, 3.63) is 65.7 Å². The summed E-state index contributed by atoms with van der Waals surface area (Å²) in [4.78, 5) is 21.8. The normalized spacial score (nSPS) is 10.7. The van der Waals surface area contributed by atoms with Gasteiger partial charge in [-0.05, 0) is 29.8 Å². The van der Waals surface area contributed by atoms with E-state index in [-0.39, 0.29) is 11.3 Å². The van der Waals surface area contributed by atoms with Crippen LogP contribution in [0.5, 0.6) is 0 Å². The Bertz CT molecular complexity index is 1050. The summed E-state index contributed by atoms with van der Waals surface area (Å²) in [6, 6.07) is 14.8. The minimum absolute atomic E-state index is 0.0382. The van der Waals surface area contributed by atoms with Crippen LogP contribution in [0.2, 0.25) is 0 Å². The van der Waals surface area contributed by atoms with Gasteiger partial charge in [0.05, 0.1) is 22.7 Å². The van der Waals surface area contributed by atoms with Crippen molar-refractivity contribution in [3.8, 4) is 16.9 Å². The van der Waals surface area contributed by atoms with E-state index >= 15 is 0 Å². The summed E-state index contributed by atoms with van der Waals surface area (Å²) in [6.45, 7) is 0. The van der Waals surface area contributed by atoms with E-state index in [1.807, 2.05) is 0 Å². The second-order valence-electron chi connectivity index (χ2n) is 5.63. The second kappa shape index (κ2) is 7.83. The molecule has 0 spiro atoms. The predicted octanol–water partition coefficient (Wildman–Crippen LogP) is 1.92. The van der Waals surface area contributed by atoms with E-state index in [1.165, 1.54) is 12.1 Å². The molecular weight excluding hydrogens is 370 g/mol. The Morgan fingerprint density at radius 1 is 1.11 bits per heavy atom. The fourth-order valence-corrected chi connectivity index (χ4v) is 3.10. The molecule has 1 amide bonds. The third kappa shape index (κ3) is 4.21. The Balaban J connectivity index is 2.03. The molecule has 0 saturated heterocycles. The van der Waals surface area contributed by atoms with Gasteiger partial charge in [-0.2, -0.15) is 0 Å². The quantitative estimate of drug-likeness (QED) is 0.422. The number of benzene rings is 2. The van der Waals surface area contributed by atoms with Crippen molar-refractivity contribution < 1.29 is 23.1 Å². The zero-order chi connectivity index (χ0) is 19.4. The molecule has 0 unspecified atom stereocenters. The zero-order valence-corrected chi connectivity index (χ0v) is 14.8. The fourth-order valence-electron chi connectivity index (χ4n) is 2.59. The summed E-state index contributed by atoms with van der Waals surface area (Å²) in [5, 5.41) is 15.8. The standard InChI is InChI=1S/C18H15N3O5S/c22-11-19-17-9-16(13-3-1-12(2-4-13)10-27(25)26)21(20-17)15-7-5-14(6-8-15)18(23)24/h1-9,11,27H,10H2,(H,23,24)(H,19,20,22). The average Bonchev–Trinajstić information content (AvgIpc) is 3.06. The second-order valence-corrected chi connectivity index (χ2v) is 6.61. The number of anilines is 1. The van der Waals surface area contributed by atoms with Crippen molar-refractivity contribution in [3.63, 3.8) is 0 Å². The van der Waals surface area contributed by atoms with Crippen LogP contribution in [0.25, 0.3) is 16.9 Å². The number of hydrogen-bond acceptors (Lipinski definition) is 5. The third-order valence-electron chi connectivity index (χ3n) is 3.84. The maximum Gasteiger partial charge on any atom is 0.335 e. The van der Waals surface area contributed by atoms with Crippen molar-refractivity contribution >= 4 is 28.9 Å². The number of amides is 1. The molecule has 0 atom stereocenters. The number of thiol groups is 1. The number of carboxylic acids is 1. The molecule has 9 heteroatoms. The molecule has 0 saturated carbocycles. The number of nitrogens with zero attached hydrogens (tertiary/aromatic N) is 2. The van der Waals surface area contributed by atoms with E-state index in [2.05, 4.69) is 10.4 Å². The van der Waals surface area contributed by atoms with Crippen LogP contribution in [0, 0.1) is 0 Å². The monoisotopic (exact) mass is 385 g/mol. The highest BCUT2D eigenvalue weighted by atomic mass is 32.2. The van der Waals surface area contributed by atoms with Crippen LogP contribution in [0.4, 0.5) is 5.82 Å². The summed E-state index contributed by atoms with van der Waals surface area (Å²) >= 11 is 0. The predicted molar refractivity (Wildman–Crippen MR) is 99.7 cm³/mol. The van der Waals surface area contributed by atoms with Crippen molar-refractivity contribution in [2.24, 2.45) is 0 Å². The Kier molecular flexibility index (Phi) is 5.32. The number of aromatic nitrogens is 2. The van der Waals surface area contributed by atoms with Crippen LogP contribution in [0.3, 0.4) is 0 Å². The van der Waals surface area contributed by atoms with Gasteiger partial charge in [-0.1, -0.05) is 24.3 Å². The van der Waals surface area contributed by atoms with Crippen LogP contribution in [-0.2, 0) is 21.3 Å². The molecule has 0 aliphatic carbocycles. The molecule has 1 aromatic heterocycles. The summed E-state index contributed by atoms with van der Waals surface area (Å²) in [6.07, 6.45) is 0.512. The van der Waals surface area contributed by atoms with Gasteiger partial charge in [-0.3, -0.25) is 4.79 Å². The highest BCUT2D eigenvalue weighted by molar-refractivity contribution is 7.71. The molecule has 8 nitrogen and oxygen atoms in total. The number of carboxylic acid groups (broad SMARTS) is 1. The lowest BCUT2D eigenvalue weighted by atomic mass is 10.1. The van der Waals surface area contributed by atoms with Gasteiger partial charge in [-0.15, -0.1) is 5.10 Å². The van der Waals surface area contributed by atoms with Crippen molar-refractivity contribution in [1.29, 1.82) is 0 Å². The summed E-state index contributed by atoms with van der Waals surface area (Å²) in [5.41, 5.74) is 2.84. The minimum Gasteiger partial charge on any atom is -0.478 e. The maximum absolute atomic E-state index is 11.0. The highest BCUT2D eigenvalue weighted by Gasteiger charge is 2.13. The molecule has 27 heavy (non-hydrogen) atoms. The summed E-state index contributed by atoms with van der Waals surface area (Å²) in [5.74, 6) is -0.740. The van der Waals surface area contributed by atoms with Crippen LogP contribution < -0.4 is 5.32 Å². The maximum atomic E-state index is 11.0. The first-order chi connectivity index (χ1) is 13.0. The Labute approximate surface area is 156 Å². The number of aromatic carboxylic acids is 1. The van der Waals surface area contributed by atoms with Gasteiger partial charge in [0.25, 0.3) is 0 Å². The third-order valence-corrected chi connectivity index (χ3v) is 4.46. The Morgan fingerprint density at radius 2 is 1.78 bits per heavy atom. The molecule has 0 radical (unpaired) electrons. The molecular formula is C18H15N3O5S. The van der Waals surface area contributed by atoms with E-state index in [0.717, 1.165) is 5.56 Å². The number of rotatable bonds is 7. The van der Waals surface area contributed by atoms with E-state index < -0.39 is 16.7 Å². The molecule has 2 N–H and O–H groups in total. The van der Waals surface area contributed by atoms with Gasteiger partial charge in [0.1, 0.15) is 10.7 Å². The molecule has 0 aliphatic heterocycles. The lowest BCUT2D eigenvalue weighted by molar-refractivity contribution is -0.105. The SMILES string of the molecule is O=CNc1cc(-c2ccc(C[SH](=O)=O)cc2)n(-c2ccc(C(=O)O)cc2)n1. The van der Waals surface area contributed by atoms with Crippen LogP contribution in [0.15, 0.2) is 54.6 Å². The van der Waals surface area contributed by atoms with Crippen molar-refractivity contribution in [1.82, 2.24) is 9.78 Å². The number of nitrogens with one attached hydrogen (secondary N) is 1. The van der Waals surface area contributed by atoms with Gasteiger partial charge in [0, 0.05) is 11.6 Å². The first kappa shape index (κ1) is 18.3. The number of hydrogen-bond donors (Lipinski definition) is 3. The molecule has 3 aromatic rings. The van der Waals surface area contributed by atoms with E-state index in [9.17, 15) is 18.0 Å². The van der Waals surface area contributed by atoms with Crippen LogP contribution in [0.1, 0.15) is 15.9 Å². The summed E-state index contributed by atoms with van der Waals surface area (Å²) in [7, 11) is -2.51. The van der Waals surface area contributed by atoms with Crippen molar-refractivity contribution in [2.45, 2.75) is 5.75 Å². The largest absolute Gasteiger partial charge is 0.478 e. The van der Waals surface area contributed by atoms with Gasteiger partial charge >= 0.3 is 5.97 Å². The van der Waals surface area contributed by atoms with Crippen LogP contribution >= 0.6 is 0 Å². The van der Waals surface area contributed by atoms with E-state index in [0.29, 0.717) is 29.2 Å². The molecule has 0 fully saturated rings. The molecule has 3 rings (SSSR count).